The summed E-state index contributed by atoms with van der Waals surface area (Å²) >= 11 is 0. The number of nitrogens with zero attached hydrogens (tertiary/aromatic N) is 2. The fraction of sp³-hybridized carbons (Fsp3) is 0.625. The number of benzene rings is 1. The van der Waals surface area contributed by atoms with Gasteiger partial charge >= 0.3 is 0 Å². The zero-order valence-electron chi connectivity index (χ0n) is 13.4. The highest BCUT2D eigenvalue weighted by molar-refractivity contribution is 7.89. The number of hydrogen-bond acceptors (Lipinski definition) is 4. The van der Waals surface area contributed by atoms with Crippen molar-refractivity contribution in [3.63, 3.8) is 0 Å². The maximum Gasteiger partial charge on any atom is 0.244 e. The molecule has 0 radical (unpaired) electrons. The van der Waals surface area contributed by atoms with Crippen LogP contribution in [0.1, 0.15) is 19.8 Å². The van der Waals surface area contributed by atoms with Gasteiger partial charge < -0.3 is 9.64 Å². The van der Waals surface area contributed by atoms with E-state index in [9.17, 15) is 8.42 Å². The zero-order valence-corrected chi connectivity index (χ0v) is 14.2. The Balaban J connectivity index is 1.94. The molecule has 0 spiro atoms. The Morgan fingerprint density at radius 1 is 1.18 bits per heavy atom. The molecule has 1 aliphatic heterocycles. The molecule has 122 valence electrons. The summed E-state index contributed by atoms with van der Waals surface area (Å²) in [6.45, 7) is 3.56. The summed E-state index contributed by atoms with van der Waals surface area (Å²) in [6, 6.07) is 7.27. The van der Waals surface area contributed by atoms with E-state index in [-0.39, 0.29) is 12.2 Å². The Morgan fingerprint density at radius 2 is 1.86 bits per heavy atom. The second-order valence-electron chi connectivity index (χ2n) is 6.48. The van der Waals surface area contributed by atoms with E-state index in [0.717, 1.165) is 18.8 Å². The predicted molar refractivity (Wildman–Crippen MR) is 86.6 cm³/mol. The van der Waals surface area contributed by atoms with Gasteiger partial charge in [-0.05, 0) is 37.8 Å². The Kier molecular flexibility index (Phi) is 4.18. The molecule has 1 heterocycles. The molecule has 1 saturated heterocycles. The van der Waals surface area contributed by atoms with Crippen LogP contribution >= 0.6 is 0 Å². The van der Waals surface area contributed by atoms with E-state index < -0.39 is 10.0 Å². The quantitative estimate of drug-likeness (QED) is 0.849. The number of anilines is 1. The first-order chi connectivity index (χ1) is 10.4. The average molecular weight is 324 g/mol. The highest BCUT2D eigenvalue weighted by Crippen LogP contribution is 2.38. The maximum absolute atomic E-state index is 12.6. The molecular formula is C16H24N2O3S. The SMILES string of the molecule is CC1CN(c2ccccc2S(=O)(=O)N(C)C)CC(C2CC2)O1. The number of morpholine rings is 1. The van der Waals surface area contributed by atoms with Crippen LogP contribution in [-0.2, 0) is 14.8 Å². The van der Waals surface area contributed by atoms with Gasteiger partial charge in [0.25, 0.3) is 0 Å². The molecule has 1 saturated carbocycles. The molecule has 22 heavy (non-hydrogen) atoms. The molecule has 2 atom stereocenters. The van der Waals surface area contributed by atoms with Crippen molar-refractivity contribution in [3.05, 3.63) is 24.3 Å². The topological polar surface area (TPSA) is 49.9 Å². The van der Waals surface area contributed by atoms with Crippen LogP contribution in [0.4, 0.5) is 5.69 Å². The van der Waals surface area contributed by atoms with Crippen LogP contribution < -0.4 is 4.90 Å². The Hall–Kier alpha value is -1.11. The Morgan fingerprint density at radius 3 is 2.50 bits per heavy atom. The monoisotopic (exact) mass is 324 g/mol. The third-order valence-corrected chi connectivity index (χ3v) is 6.26. The highest BCUT2D eigenvalue weighted by Gasteiger charge is 2.38. The minimum Gasteiger partial charge on any atom is -0.371 e. The van der Waals surface area contributed by atoms with Gasteiger partial charge in [-0.25, -0.2) is 12.7 Å². The lowest BCUT2D eigenvalue weighted by molar-refractivity contribution is -0.0272. The van der Waals surface area contributed by atoms with Crippen LogP contribution in [0.15, 0.2) is 29.2 Å². The van der Waals surface area contributed by atoms with E-state index in [1.54, 1.807) is 26.2 Å². The third-order valence-electron chi connectivity index (χ3n) is 4.40. The third kappa shape index (κ3) is 3.00. The number of ether oxygens (including phenoxy) is 1. The minimum absolute atomic E-state index is 0.120. The smallest absolute Gasteiger partial charge is 0.244 e. The van der Waals surface area contributed by atoms with Crippen molar-refractivity contribution in [2.75, 3.05) is 32.1 Å². The number of rotatable bonds is 4. The van der Waals surface area contributed by atoms with Crippen molar-refractivity contribution in [1.29, 1.82) is 0 Å². The summed E-state index contributed by atoms with van der Waals surface area (Å²) in [6.07, 6.45) is 2.79. The highest BCUT2D eigenvalue weighted by atomic mass is 32.2. The summed E-state index contributed by atoms with van der Waals surface area (Å²) in [5.74, 6) is 0.642. The molecule has 1 aliphatic carbocycles. The van der Waals surface area contributed by atoms with Crippen LogP contribution in [-0.4, -0.2) is 52.1 Å². The van der Waals surface area contributed by atoms with Gasteiger partial charge in [0.15, 0.2) is 0 Å². The number of para-hydroxylation sites is 1. The lowest BCUT2D eigenvalue weighted by atomic mass is 10.1. The summed E-state index contributed by atoms with van der Waals surface area (Å²) in [5, 5.41) is 0. The lowest BCUT2D eigenvalue weighted by Gasteiger charge is -2.39. The molecule has 2 aliphatic rings. The number of sulfonamides is 1. The van der Waals surface area contributed by atoms with Crippen molar-refractivity contribution < 1.29 is 13.2 Å². The first-order valence-corrected chi connectivity index (χ1v) is 9.25. The zero-order chi connectivity index (χ0) is 15.9. The van der Waals surface area contributed by atoms with Gasteiger partial charge in [-0.15, -0.1) is 0 Å². The molecule has 0 amide bonds. The van der Waals surface area contributed by atoms with Crippen molar-refractivity contribution >= 4 is 15.7 Å². The van der Waals surface area contributed by atoms with Gasteiger partial charge in [-0.2, -0.15) is 0 Å². The fourth-order valence-corrected chi connectivity index (χ4v) is 4.15. The van der Waals surface area contributed by atoms with Gasteiger partial charge in [-0.3, -0.25) is 0 Å². The molecule has 0 N–H and O–H groups in total. The van der Waals surface area contributed by atoms with Crippen LogP contribution in [0, 0.1) is 5.92 Å². The molecule has 0 bridgehead atoms. The molecule has 2 unspecified atom stereocenters. The van der Waals surface area contributed by atoms with Gasteiger partial charge in [0.2, 0.25) is 10.0 Å². The Bertz CT molecular complexity index is 641. The van der Waals surface area contributed by atoms with Crippen molar-refractivity contribution in [3.8, 4) is 0 Å². The summed E-state index contributed by atoms with van der Waals surface area (Å²) in [7, 11) is -0.305. The molecule has 3 rings (SSSR count). The first-order valence-electron chi connectivity index (χ1n) is 7.81. The van der Waals surface area contributed by atoms with E-state index in [1.807, 2.05) is 12.1 Å². The fourth-order valence-electron chi connectivity index (χ4n) is 3.04. The van der Waals surface area contributed by atoms with Gasteiger partial charge in [0.1, 0.15) is 4.90 Å². The second kappa shape index (κ2) is 5.83. The van der Waals surface area contributed by atoms with E-state index in [4.69, 9.17) is 4.74 Å². The largest absolute Gasteiger partial charge is 0.371 e. The van der Waals surface area contributed by atoms with E-state index >= 15 is 0 Å². The molecule has 1 aromatic rings. The standard InChI is InChI=1S/C16H24N2O3S/c1-12-10-18(11-15(21-12)13-8-9-13)14-6-4-5-7-16(14)22(19,20)17(2)3/h4-7,12-13,15H,8-11H2,1-3H3. The average Bonchev–Trinajstić information content (AvgIpc) is 3.31. The van der Waals surface area contributed by atoms with Gasteiger partial charge in [0.05, 0.1) is 17.9 Å². The molecule has 2 fully saturated rings. The lowest BCUT2D eigenvalue weighted by Crippen LogP contribution is -2.48. The van der Waals surface area contributed by atoms with E-state index in [0.29, 0.717) is 10.8 Å². The van der Waals surface area contributed by atoms with E-state index in [2.05, 4.69) is 11.8 Å². The van der Waals surface area contributed by atoms with Gasteiger partial charge in [0, 0.05) is 27.2 Å². The minimum atomic E-state index is -3.45. The van der Waals surface area contributed by atoms with Crippen LogP contribution in [0.3, 0.4) is 0 Å². The Labute approximate surface area is 132 Å². The summed E-state index contributed by atoms with van der Waals surface area (Å²) < 4.78 is 32.5. The molecule has 6 heteroatoms. The second-order valence-corrected chi connectivity index (χ2v) is 8.60. The van der Waals surface area contributed by atoms with Crippen LogP contribution in [0.5, 0.6) is 0 Å². The van der Waals surface area contributed by atoms with Gasteiger partial charge in [-0.1, -0.05) is 12.1 Å². The normalized spacial score (nSPS) is 26.5. The predicted octanol–water partition coefficient (Wildman–Crippen LogP) is 1.94. The van der Waals surface area contributed by atoms with E-state index in [1.165, 1.54) is 17.1 Å². The summed E-state index contributed by atoms with van der Waals surface area (Å²) in [5.41, 5.74) is 0.789. The van der Waals surface area contributed by atoms with Crippen LogP contribution in [0.2, 0.25) is 0 Å². The van der Waals surface area contributed by atoms with Crippen molar-refractivity contribution in [1.82, 2.24) is 4.31 Å². The van der Waals surface area contributed by atoms with Crippen molar-refractivity contribution in [2.24, 2.45) is 5.92 Å². The molecule has 0 aromatic heterocycles. The van der Waals surface area contributed by atoms with Crippen LogP contribution in [0.25, 0.3) is 0 Å². The molecule has 1 aromatic carbocycles. The molecule has 5 nitrogen and oxygen atoms in total. The van der Waals surface area contributed by atoms with Crippen molar-refractivity contribution in [2.45, 2.75) is 36.9 Å². The maximum atomic E-state index is 12.6. The number of hydrogen-bond donors (Lipinski definition) is 0. The molecular weight excluding hydrogens is 300 g/mol. The summed E-state index contributed by atoms with van der Waals surface area (Å²) in [4.78, 5) is 2.55. The first kappa shape index (κ1) is 15.8.